The first-order valence-corrected chi connectivity index (χ1v) is 6.25. The lowest BCUT2D eigenvalue weighted by atomic mass is 9.66. The summed E-state index contributed by atoms with van der Waals surface area (Å²) in [5.41, 5.74) is -0.891. The van der Waals surface area contributed by atoms with Gasteiger partial charge in [-0.05, 0) is 37.6 Å². The van der Waals surface area contributed by atoms with E-state index in [-0.39, 0.29) is 17.8 Å². The van der Waals surface area contributed by atoms with Gasteiger partial charge in [-0.3, -0.25) is 4.79 Å². The van der Waals surface area contributed by atoms with E-state index in [0.717, 1.165) is 6.54 Å². The third-order valence-corrected chi connectivity index (χ3v) is 3.84. The van der Waals surface area contributed by atoms with E-state index < -0.39 is 17.6 Å². The van der Waals surface area contributed by atoms with Crippen molar-refractivity contribution in [3.63, 3.8) is 0 Å². The van der Waals surface area contributed by atoms with E-state index in [1.807, 2.05) is 0 Å². The maximum absolute atomic E-state index is 13.2. The van der Waals surface area contributed by atoms with Gasteiger partial charge in [0.25, 0.3) is 0 Å². The third kappa shape index (κ3) is 3.41. The number of alkyl halides is 1. The molecule has 1 aliphatic heterocycles. The Morgan fingerprint density at radius 3 is 2.59 bits per heavy atom. The van der Waals surface area contributed by atoms with Gasteiger partial charge in [-0.25, -0.2) is 4.39 Å². The first kappa shape index (κ1) is 14.4. The molecule has 1 rings (SSSR count). The SMILES string of the molecule is CC(F)C[C@]1(C(=O)O)CNCC(C(C)(C)C)C1. The Morgan fingerprint density at radius 2 is 2.18 bits per heavy atom. The summed E-state index contributed by atoms with van der Waals surface area (Å²) in [5.74, 6) is -0.602. The highest BCUT2D eigenvalue weighted by Crippen LogP contribution is 2.41. The van der Waals surface area contributed by atoms with Gasteiger partial charge >= 0.3 is 5.97 Å². The van der Waals surface area contributed by atoms with Crippen LogP contribution in [0.5, 0.6) is 0 Å². The van der Waals surface area contributed by atoms with Crippen LogP contribution in [0, 0.1) is 16.7 Å². The lowest BCUT2D eigenvalue weighted by molar-refractivity contribution is -0.153. The summed E-state index contributed by atoms with van der Waals surface area (Å²) in [4.78, 5) is 11.5. The van der Waals surface area contributed by atoms with Crippen molar-refractivity contribution in [2.75, 3.05) is 13.1 Å². The predicted octanol–water partition coefficient (Wildman–Crippen LogP) is 2.46. The van der Waals surface area contributed by atoms with Crippen molar-refractivity contribution in [1.82, 2.24) is 5.32 Å². The monoisotopic (exact) mass is 245 g/mol. The fraction of sp³-hybridized carbons (Fsp3) is 0.923. The molecule has 0 aliphatic carbocycles. The largest absolute Gasteiger partial charge is 0.481 e. The average Bonchev–Trinajstić information content (AvgIpc) is 2.15. The maximum Gasteiger partial charge on any atom is 0.311 e. The summed E-state index contributed by atoms with van der Waals surface area (Å²) in [6.45, 7) is 8.95. The fourth-order valence-electron chi connectivity index (χ4n) is 2.66. The molecule has 0 radical (unpaired) electrons. The third-order valence-electron chi connectivity index (χ3n) is 3.84. The standard InChI is InChI=1S/C13H24FNO2/c1-9(14)5-13(11(16)17)6-10(7-15-8-13)12(2,3)4/h9-10,15H,5-8H2,1-4H3,(H,16,17)/t9?,10?,13-/m1/s1. The molecule has 4 heteroatoms. The Balaban J connectivity index is 2.88. The zero-order valence-electron chi connectivity index (χ0n) is 11.2. The summed E-state index contributed by atoms with van der Waals surface area (Å²) >= 11 is 0. The van der Waals surface area contributed by atoms with Crippen molar-refractivity contribution in [2.45, 2.75) is 46.7 Å². The molecule has 100 valence electrons. The Morgan fingerprint density at radius 1 is 1.59 bits per heavy atom. The van der Waals surface area contributed by atoms with Gasteiger partial charge < -0.3 is 10.4 Å². The number of carboxylic acids is 1. The van der Waals surface area contributed by atoms with Crippen LogP contribution in [0.3, 0.4) is 0 Å². The van der Waals surface area contributed by atoms with Crippen molar-refractivity contribution >= 4 is 5.97 Å². The molecule has 0 amide bonds. The first-order valence-electron chi connectivity index (χ1n) is 6.25. The van der Waals surface area contributed by atoms with Gasteiger partial charge in [0.15, 0.2) is 0 Å². The number of halogens is 1. The van der Waals surface area contributed by atoms with Crippen LogP contribution in [0.1, 0.15) is 40.5 Å². The molecule has 17 heavy (non-hydrogen) atoms. The number of carbonyl (C=O) groups is 1. The fourth-order valence-corrected chi connectivity index (χ4v) is 2.66. The minimum Gasteiger partial charge on any atom is -0.481 e. The molecular formula is C13H24FNO2. The van der Waals surface area contributed by atoms with Crippen LogP contribution in [-0.4, -0.2) is 30.3 Å². The molecule has 0 aromatic rings. The number of hydrogen-bond acceptors (Lipinski definition) is 2. The van der Waals surface area contributed by atoms with E-state index in [0.29, 0.717) is 13.0 Å². The van der Waals surface area contributed by atoms with Gasteiger partial charge in [0.1, 0.15) is 0 Å². The van der Waals surface area contributed by atoms with Crippen LogP contribution in [-0.2, 0) is 4.79 Å². The second-order valence-electron chi connectivity index (χ2n) is 6.47. The molecule has 0 saturated carbocycles. The van der Waals surface area contributed by atoms with E-state index in [2.05, 4.69) is 26.1 Å². The Hall–Kier alpha value is -0.640. The van der Waals surface area contributed by atoms with Gasteiger partial charge in [0.05, 0.1) is 11.6 Å². The summed E-state index contributed by atoms with van der Waals surface area (Å²) in [6.07, 6.45) is -0.415. The predicted molar refractivity (Wildman–Crippen MR) is 65.7 cm³/mol. The number of carboxylic acid groups (broad SMARTS) is 1. The molecule has 0 aromatic heterocycles. The normalized spacial score (nSPS) is 32.2. The van der Waals surface area contributed by atoms with E-state index in [4.69, 9.17) is 0 Å². The molecule has 1 fully saturated rings. The number of rotatable bonds is 3. The van der Waals surface area contributed by atoms with Crippen molar-refractivity contribution in [1.29, 1.82) is 0 Å². The average molecular weight is 245 g/mol. The van der Waals surface area contributed by atoms with Gasteiger partial charge in [0.2, 0.25) is 0 Å². The van der Waals surface area contributed by atoms with E-state index in [1.165, 1.54) is 6.92 Å². The van der Waals surface area contributed by atoms with Crippen LogP contribution in [0.4, 0.5) is 4.39 Å². The molecule has 1 saturated heterocycles. The Kier molecular flexibility index (Phi) is 4.18. The molecule has 1 aliphatic rings. The number of nitrogens with one attached hydrogen (secondary N) is 1. The van der Waals surface area contributed by atoms with Gasteiger partial charge in [-0.2, -0.15) is 0 Å². The Labute approximate surface area is 103 Å². The molecule has 1 heterocycles. The Bertz CT molecular complexity index is 286. The smallest absolute Gasteiger partial charge is 0.311 e. The molecule has 0 bridgehead atoms. The van der Waals surface area contributed by atoms with Crippen molar-refractivity contribution in [3.8, 4) is 0 Å². The molecule has 3 nitrogen and oxygen atoms in total. The highest BCUT2D eigenvalue weighted by Gasteiger charge is 2.46. The van der Waals surface area contributed by atoms with E-state index in [9.17, 15) is 14.3 Å². The summed E-state index contributed by atoms with van der Waals surface area (Å²) in [5, 5.41) is 12.6. The molecule has 2 unspecified atom stereocenters. The molecule has 3 atom stereocenters. The number of piperidine rings is 1. The maximum atomic E-state index is 13.2. The molecule has 0 aromatic carbocycles. The topological polar surface area (TPSA) is 49.3 Å². The van der Waals surface area contributed by atoms with Crippen LogP contribution >= 0.6 is 0 Å². The number of aliphatic carboxylic acids is 1. The van der Waals surface area contributed by atoms with Crippen LogP contribution < -0.4 is 5.32 Å². The van der Waals surface area contributed by atoms with Crippen LogP contribution in [0.25, 0.3) is 0 Å². The van der Waals surface area contributed by atoms with Gasteiger partial charge in [-0.15, -0.1) is 0 Å². The van der Waals surface area contributed by atoms with Crippen molar-refractivity contribution < 1.29 is 14.3 Å². The van der Waals surface area contributed by atoms with Crippen LogP contribution in [0.15, 0.2) is 0 Å². The van der Waals surface area contributed by atoms with E-state index >= 15 is 0 Å². The molecular weight excluding hydrogens is 221 g/mol. The quantitative estimate of drug-likeness (QED) is 0.803. The second-order valence-corrected chi connectivity index (χ2v) is 6.47. The zero-order valence-corrected chi connectivity index (χ0v) is 11.2. The highest BCUT2D eigenvalue weighted by atomic mass is 19.1. The van der Waals surface area contributed by atoms with Crippen molar-refractivity contribution in [3.05, 3.63) is 0 Å². The minimum atomic E-state index is -1.08. The van der Waals surface area contributed by atoms with Crippen molar-refractivity contribution in [2.24, 2.45) is 16.7 Å². The lowest BCUT2D eigenvalue weighted by Gasteiger charge is -2.43. The van der Waals surface area contributed by atoms with Crippen LogP contribution in [0.2, 0.25) is 0 Å². The van der Waals surface area contributed by atoms with Gasteiger partial charge in [0, 0.05) is 6.54 Å². The van der Waals surface area contributed by atoms with Gasteiger partial charge in [-0.1, -0.05) is 20.8 Å². The summed E-state index contributed by atoms with van der Waals surface area (Å²) in [6, 6.07) is 0. The lowest BCUT2D eigenvalue weighted by Crippen LogP contribution is -2.52. The summed E-state index contributed by atoms with van der Waals surface area (Å²) in [7, 11) is 0. The zero-order chi connectivity index (χ0) is 13.3. The highest BCUT2D eigenvalue weighted by molar-refractivity contribution is 5.75. The number of hydrogen-bond donors (Lipinski definition) is 2. The summed E-state index contributed by atoms with van der Waals surface area (Å²) < 4.78 is 13.2. The molecule has 0 spiro atoms. The second kappa shape index (κ2) is 4.92. The molecule has 2 N–H and O–H groups in total. The van der Waals surface area contributed by atoms with E-state index in [1.54, 1.807) is 0 Å². The minimum absolute atomic E-state index is 0.0493. The first-order chi connectivity index (χ1) is 7.67.